The number of aliphatic hydroxyl groups excluding tert-OH is 3. The van der Waals surface area contributed by atoms with E-state index in [0.29, 0.717) is 25.7 Å². The van der Waals surface area contributed by atoms with Crippen molar-refractivity contribution in [3.8, 4) is 0 Å². The summed E-state index contributed by atoms with van der Waals surface area (Å²) in [6.07, 6.45) is 6.45. The monoisotopic (exact) mass is 566 g/mol. The van der Waals surface area contributed by atoms with Crippen LogP contribution in [-0.2, 0) is 14.6 Å². The molecule has 4 N–H and O–H groups in total. The van der Waals surface area contributed by atoms with Crippen molar-refractivity contribution in [2.75, 3.05) is 6.61 Å². The van der Waals surface area contributed by atoms with Crippen LogP contribution in [0.25, 0.3) is 0 Å². The fourth-order valence-electron chi connectivity index (χ4n) is 9.27. The molecule has 8 nitrogen and oxygen atoms in total. The van der Waals surface area contributed by atoms with Gasteiger partial charge in [-0.3, -0.25) is 4.18 Å². The van der Waals surface area contributed by atoms with Gasteiger partial charge in [0.15, 0.2) is 0 Å². The van der Waals surface area contributed by atoms with E-state index >= 15 is 0 Å². The first-order valence-corrected chi connectivity index (χ1v) is 15.4. The Morgan fingerprint density at radius 1 is 1.05 bits per heavy atom. The van der Waals surface area contributed by atoms with Gasteiger partial charge in [0.2, 0.25) is 10.4 Å². The smallest absolute Gasteiger partial charge is 0.726 e. The first-order valence-electron chi connectivity index (χ1n) is 14.1. The van der Waals surface area contributed by atoms with E-state index in [2.05, 4.69) is 31.0 Å². The third-order valence-electron chi connectivity index (χ3n) is 11.4. The van der Waals surface area contributed by atoms with Gasteiger partial charge in [-0.15, -0.1) is 0 Å². The molecule has 0 amide bonds. The van der Waals surface area contributed by atoms with Gasteiger partial charge in [-0.25, -0.2) is 8.42 Å². The second-order valence-electron chi connectivity index (χ2n) is 13.6. The van der Waals surface area contributed by atoms with Gasteiger partial charge in [0, 0.05) is 17.8 Å². The van der Waals surface area contributed by atoms with E-state index in [0.717, 1.165) is 12.8 Å². The SMILES string of the molecule is CC(C)[C@@H](/C=C/[C@@H](C)[C@H]1C[C@H](O)C2C3C[C@@H](O)[C@@]4(O)C[C@@H](O)CC[C@]4(C)C3CC[C@@]21C)COS(=O)(=O)[O-].[Na+]. The van der Waals surface area contributed by atoms with Gasteiger partial charge >= 0.3 is 29.6 Å². The predicted molar refractivity (Wildman–Crippen MR) is 138 cm³/mol. The predicted octanol–water partition coefficient (Wildman–Crippen LogP) is 0.00800. The van der Waals surface area contributed by atoms with Crippen molar-refractivity contribution < 1.29 is 67.1 Å². The Kier molecular flexibility index (Phi) is 10.1. The summed E-state index contributed by atoms with van der Waals surface area (Å²) in [5, 5.41) is 44.6. The molecule has 0 saturated heterocycles. The first kappa shape index (κ1) is 33.0. The minimum Gasteiger partial charge on any atom is -0.726 e. The molecule has 4 aliphatic rings. The van der Waals surface area contributed by atoms with E-state index in [4.69, 9.17) is 0 Å². The molecular weight excluding hydrogens is 519 g/mol. The van der Waals surface area contributed by atoms with Crippen LogP contribution in [0.1, 0.15) is 79.6 Å². The molecule has 4 rings (SSSR count). The molecule has 0 spiro atoms. The number of aliphatic hydroxyl groups is 4. The summed E-state index contributed by atoms with van der Waals surface area (Å²) in [6.45, 7) is 10.2. The summed E-state index contributed by atoms with van der Waals surface area (Å²) >= 11 is 0. The minimum atomic E-state index is -4.75. The molecular formula is C28H47NaO8S. The Bertz CT molecular complexity index is 974. The average molecular weight is 567 g/mol. The van der Waals surface area contributed by atoms with Crippen LogP contribution in [0, 0.1) is 52.3 Å². The number of hydrogen-bond acceptors (Lipinski definition) is 8. The van der Waals surface area contributed by atoms with E-state index < -0.39 is 39.7 Å². The largest absolute Gasteiger partial charge is 1.00 e. The topological polar surface area (TPSA) is 147 Å². The van der Waals surface area contributed by atoms with Crippen LogP contribution >= 0.6 is 0 Å². The molecule has 12 atom stereocenters. The third-order valence-corrected chi connectivity index (χ3v) is 11.9. The van der Waals surface area contributed by atoms with Gasteiger partial charge in [0.05, 0.1) is 30.5 Å². The van der Waals surface area contributed by atoms with Crippen LogP contribution in [0.3, 0.4) is 0 Å². The van der Waals surface area contributed by atoms with Crippen molar-refractivity contribution in [1.29, 1.82) is 0 Å². The average Bonchev–Trinajstić information content (AvgIpc) is 3.05. The minimum absolute atomic E-state index is 0. The molecule has 0 heterocycles. The fraction of sp³-hybridized carbons (Fsp3) is 0.929. The van der Waals surface area contributed by atoms with Crippen molar-refractivity contribution in [1.82, 2.24) is 0 Å². The molecule has 4 fully saturated rings. The van der Waals surface area contributed by atoms with Gasteiger partial charge in [-0.05, 0) is 79.4 Å². The standard InChI is InChI=1S/C28H48O8S.Na/c1-16(2)18(15-36-37(33,34)35)7-6-17(3)22-13-23(30)25-20-12-24(31)28(32)14-19(29)8-11-27(28,5)21(20)9-10-26(22,25)4;/h6-7,16-25,29-32H,8-15H2,1-5H3,(H,33,34,35);/q;+1/p-1/b7-6+;/t17-,18+,19+,20?,21?,22-,23+,24-,25?,26-,27-,28+;/m1./s1. The zero-order valence-corrected chi connectivity index (χ0v) is 26.7. The third kappa shape index (κ3) is 5.72. The van der Waals surface area contributed by atoms with Crippen LogP contribution in [0.5, 0.6) is 0 Å². The summed E-state index contributed by atoms with van der Waals surface area (Å²) < 4.78 is 37.4. The van der Waals surface area contributed by atoms with Crippen LogP contribution in [0.2, 0.25) is 0 Å². The fourth-order valence-corrected chi connectivity index (χ4v) is 9.60. The van der Waals surface area contributed by atoms with E-state index in [9.17, 15) is 33.4 Å². The Labute approximate surface area is 250 Å². The molecule has 0 radical (unpaired) electrons. The molecule has 0 aromatic heterocycles. The van der Waals surface area contributed by atoms with Gasteiger partial charge in [0.1, 0.15) is 0 Å². The molecule has 3 unspecified atom stereocenters. The molecule has 0 bridgehead atoms. The Hall–Kier alpha value is 0.450. The molecule has 0 aromatic carbocycles. The zero-order chi connectivity index (χ0) is 27.6. The first-order chi connectivity index (χ1) is 17.0. The van der Waals surface area contributed by atoms with Crippen molar-refractivity contribution >= 4 is 10.4 Å². The zero-order valence-electron chi connectivity index (χ0n) is 23.9. The summed E-state index contributed by atoms with van der Waals surface area (Å²) in [5.74, 6) is 0.509. The molecule has 38 heavy (non-hydrogen) atoms. The molecule has 10 heteroatoms. The van der Waals surface area contributed by atoms with Crippen LogP contribution in [0.4, 0.5) is 0 Å². The normalized spacial score (nSPS) is 46.7. The van der Waals surface area contributed by atoms with Gasteiger partial charge in [-0.2, -0.15) is 0 Å². The quantitative estimate of drug-likeness (QED) is 0.146. The van der Waals surface area contributed by atoms with Crippen LogP contribution in [-0.4, -0.2) is 63.9 Å². The van der Waals surface area contributed by atoms with E-state index in [1.54, 1.807) is 0 Å². The number of allylic oxidation sites excluding steroid dienone is 1. The van der Waals surface area contributed by atoms with Crippen molar-refractivity contribution in [2.24, 2.45) is 52.3 Å². The van der Waals surface area contributed by atoms with Crippen molar-refractivity contribution in [2.45, 2.75) is 103 Å². The Morgan fingerprint density at radius 2 is 1.71 bits per heavy atom. The Morgan fingerprint density at radius 3 is 2.32 bits per heavy atom. The van der Waals surface area contributed by atoms with E-state index in [1.165, 1.54) is 0 Å². The summed E-state index contributed by atoms with van der Waals surface area (Å²) in [5.41, 5.74) is -1.93. The number of fused-ring (bicyclic) bond motifs is 5. The summed E-state index contributed by atoms with van der Waals surface area (Å²) in [6, 6.07) is 0. The van der Waals surface area contributed by atoms with E-state index in [-0.39, 0.29) is 89.4 Å². The van der Waals surface area contributed by atoms with Crippen LogP contribution < -0.4 is 29.6 Å². The molecule has 0 aliphatic heterocycles. The van der Waals surface area contributed by atoms with Gasteiger partial charge in [-0.1, -0.05) is 46.8 Å². The van der Waals surface area contributed by atoms with Crippen molar-refractivity contribution in [3.05, 3.63) is 12.2 Å². The van der Waals surface area contributed by atoms with Gasteiger partial charge < -0.3 is 25.0 Å². The molecule has 4 saturated carbocycles. The molecule has 0 aromatic rings. The van der Waals surface area contributed by atoms with Crippen LogP contribution in [0.15, 0.2) is 12.2 Å². The van der Waals surface area contributed by atoms with E-state index in [1.807, 2.05) is 19.9 Å². The molecule has 214 valence electrons. The van der Waals surface area contributed by atoms with Crippen molar-refractivity contribution in [3.63, 3.8) is 0 Å². The maximum Gasteiger partial charge on any atom is 1.00 e. The van der Waals surface area contributed by atoms with Gasteiger partial charge in [0.25, 0.3) is 0 Å². The maximum absolute atomic E-state index is 11.7. The second-order valence-corrected chi connectivity index (χ2v) is 14.6. The summed E-state index contributed by atoms with van der Waals surface area (Å²) in [7, 11) is -4.75. The maximum atomic E-state index is 11.7. The summed E-state index contributed by atoms with van der Waals surface area (Å²) in [4.78, 5) is 0. The second kappa shape index (κ2) is 11.6. The molecule has 4 aliphatic carbocycles. The number of rotatable bonds is 7. The number of hydrogen-bond donors (Lipinski definition) is 4. The Balaban J connectivity index is 0.00000400.